The molecule has 0 saturated heterocycles. The fraction of sp³-hybridized carbons (Fsp3) is 0.312. The average Bonchev–Trinajstić information content (AvgIpc) is 2.73. The Bertz CT molecular complexity index is 657. The molecule has 1 heterocycles. The standard InChI is InChI=1S/C16H17ClN2OS/c17-12-9-11(18)6-7-13(12)19-16(20)15-8-10-4-2-1-3-5-14(10)21-15/h6-9H,1-5,18H2,(H,19,20). The Labute approximate surface area is 133 Å². The number of aryl methyl sites for hydroxylation is 2. The van der Waals surface area contributed by atoms with E-state index in [1.165, 1.54) is 29.7 Å². The minimum atomic E-state index is -0.0975. The zero-order chi connectivity index (χ0) is 14.8. The number of amides is 1. The summed E-state index contributed by atoms with van der Waals surface area (Å²) in [5.41, 5.74) is 8.18. The number of carbonyl (C=O) groups excluding carboxylic acids is 1. The number of hydrogen-bond donors (Lipinski definition) is 2. The molecule has 3 rings (SSSR count). The summed E-state index contributed by atoms with van der Waals surface area (Å²) in [6.45, 7) is 0. The van der Waals surface area contributed by atoms with E-state index in [9.17, 15) is 4.79 Å². The maximum atomic E-state index is 12.4. The van der Waals surface area contributed by atoms with Crippen LogP contribution in [0.4, 0.5) is 11.4 Å². The van der Waals surface area contributed by atoms with Crippen molar-refractivity contribution in [3.8, 4) is 0 Å². The molecule has 1 aromatic carbocycles. The molecule has 3 N–H and O–H groups in total. The summed E-state index contributed by atoms with van der Waals surface area (Å²) in [5, 5.41) is 3.32. The second-order valence-corrected chi connectivity index (χ2v) is 6.86. The number of benzene rings is 1. The van der Waals surface area contributed by atoms with Crippen LogP contribution in [-0.4, -0.2) is 5.91 Å². The number of nitrogens with two attached hydrogens (primary N) is 1. The average molecular weight is 321 g/mol. The number of halogens is 1. The van der Waals surface area contributed by atoms with E-state index < -0.39 is 0 Å². The van der Waals surface area contributed by atoms with Crippen molar-refractivity contribution < 1.29 is 4.79 Å². The SMILES string of the molecule is Nc1ccc(NC(=O)c2cc3c(s2)CCCCC3)c(Cl)c1. The van der Waals surface area contributed by atoms with Crippen molar-refractivity contribution in [1.29, 1.82) is 0 Å². The minimum absolute atomic E-state index is 0.0975. The molecular formula is C16H17ClN2OS. The van der Waals surface area contributed by atoms with Crippen molar-refractivity contribution in [2.75, 3.05) is 11.1 Å². The van der Waals surface area contributed by atoms with E-state index in [0.29, 0.717) is 16.4 Å². The lowest BCUT2D eigenvalue weighted by Crippen LogP contribution is -2.10. The van der Waals surface area contributed by atoms with Crippen LogP contribution >= 0.6 is 22.9 Å². The molecule has 0 aliphatic heterocycles. The van der Waals surface area contributed by atoms with Gasteiger partial charge in [-0.3, -0.25) is 4.79 Å². The molecule has 0 atom stereocenters. The zero-order valence-electron chi connectivity index (χ0n) is 11.6. The maximum absolute atomic E-state index is 12.4. The molecule has 0 radical (unpaired) electrons. The fourth-order valence-corrected chi connectivity index (χ4v) is 3.98. The molecule has 0 unspecified atom stereocenters. The first-order valence-electron chi connectivity index (χ1n) is 7.11. The van der Waals surface area contributed by atoms with Gasteiger partial charge in [0, 0.05) is 10.6 Å². The van der Waals surface area contributed by atoms with Crippen molar-refractivity contribution in [1.82, 2.24) is 0 Å². The molecule has 3 nitrogen and oxygen atoms in total. The number of fused-ring (bicyclic) bond motifs is 1. The van der Waals surface area contributed by atoms with Crippen LogP contribution in [-0.2, 0) is 12.8 Å². The summed E-state index contributed by atoms with van der Waals surface area (Å²) in [7, 11) is 0. The molecule has 110 valence electrons. The predicted octanol–water partition coefficient (Wildman–Crippen LogP) is 4.50. The Morgan fingerprint density at radius 2 is 2.00 bits per heavy atom. The van der Waals surface area contributed by atoms with Gasteiger partial charge in [-0.05, 0) is 55.5 Å². The van der Waals surface area contributed by atoms with Crippen LogP contribution in [0.2, 0.25) is 5.02 Å². The molecule has 0 saturated carbocycles. The summed E-state index contributed by atoms with van der Waals surface area (Å²) in [6, 6.07) is 7.13. The van der Waals surface area contributed by atoms with Gasteiger partial charge in [0.15, 0.2) is 0 Å². The van der Waals surface area contributed by atoms with Gasteiger partial charge < -0.3 is 11.1 Å². The van der Waals surface area contributed by atoms with E-state index in [1.54, 1.807) is 29.5 Å². The van der Waals surface area contributed by atoms with Crippen LogP contribution in [0.1, 0.15) is 39.4 Å². The van der Waals surface area contributed by atoms with E-state index in [2.05, 4.69) is 5.32 Å². The van der Waals surface area contributed by atoms with Crippen molar-refractivity contribution >= 4 is 40.2 Å². The third kappa shape index (κ3) is 3.22. The van der Waals surface area contributed by atoms with Gasteiger partial charge in [0.1, 0.15) is 0 Å². The number of thiophene rings is 1. The van der Waals surface area contributed by atoms with Crippen LogP contribution < -0.4 is 11.1 Å². The Kier molecular flexibility index (Phi) is 4.17. The van der Waals surface area contributed by atoms with E-state index in [1.807, 2.05) is 6.07 Å². The predicted molar refractivity (Wildman–Crippen MR) is 89.4 cm³/mol. The number of anilines is 2. The second kappa shape index (κ2) is 6.08. The van der Waals surface area contributed by atoms with Gasteiger partial charge in [0.2, 0.25) is 0 Å². The Balaban J connectivity index is 1.79. The van der Waals surface area contributed by atoms with E-state index in [4.69, 9.17) is 17.3 Å². The number of carbonyl (C=O) groups is 1. The maximum Gasteiger partial charge on any atom is 0.265 e. The highest BCUT2D eigenvalue weighted by Gasteiger charge is 2.17. The first-order valence-corrected chi connectivity index (χ1v) is 8.31. The summed E-state index contributed by atoms with van der Waals surface area (Å²) in [6.07, 6.45) is 5.90. The number of nitrogens with one attached hydrogen (secondary N) is 1. The monoisotopic (exact) mass is 320 g/mol. The topological polar surface area (TPSA) is 55.1 Å². The molecular weight excluding hydrogens is 304 g/mol. The van der Waals surface area contributed by atoms with E-state index in [0.717, 1.165) is 17.7 Å². The first-order chi connectivity index (χ1) is 10.1. The number of nitrogen functional groups attached to an aromatic ring is 1. The quantitative estimate of drug-likeness (QED) is 0.632. The molecule has 1 amide bonds. The summed E-state index contributed by atoms with van der Waals surface area (Å²) in [5.74, 6) is -0.0975. The lowest BCUT2D eigenvalue weighted by Gasteiger charge is -2.06. The van der Waals surface area contributed by atoms with Gasteiger partial charge in [-0.1, -0.05) is 18.0 Å². The second-order valence-electron chi connectivity index (χ2n) is 5.31. The van der Waals surface area contributed by atoms with E-state index in [-0.39, 0.29) is 5.91 Å². The Morgan fingerprint density at radius 1 is 1.19 bits per heavy atom. The third-order valence-electron chi connectivity index (χ3n) is 3.71. The highest BCUT2D eigenvalue weighted by atomic mass is 35.5. The lowest BCUT2D eigenvalue weighted by atomic mass is 10.1. The smallest absolute Gasteiger partial charge is 0.265 e. The molecule has 21 heavy (non-hydrogen) atoms. The zero-order valence-corrected chi connectivity index (χ0v) is 13.2. The molecule has 0 fully saturated rings. The third-order valence-corrected chi connectivity index (χ3v) is 5.26. The van der Waals surface area contributed by atoms with Gasteiger partial charge in [-0.2, -0.15) is 0 Å². The molecule has 1 aliphatic rings. The van der Waals surface area contributed by atoms with E-state index >= 15 is 0 Å². The molecule has 0 spiro atoms. The highest BCUT2D eigenvalue weighted by molar-refractivity contribution is 7.14. The van der Waals surface area contributed by atoms with Gasteiger partial charge in [0.25, 0.3) is 5.91 Å². The normalized spacial score (nSPS) is 14.3. The van der Waals surface area contributed by atoms with Crippen LogP contribution in [0.25, 0.3) is 0 Å². The first kappa shape index (κ1) is 14.4. The lowest BCUT2D eigenvalue weighted by molar-refractivity contribution is 0.103. The molecule has 2 aromatic rings. The van der Waals surface area contributed by atoms with Gasteiger partial charge in [-0.25, -0.2) is 0 Å². The number of rotatable bonds is 2. The van der Waals surface area contributed by atoms with Crippen molar-refractivity contribution in [2.45, 2.75) is 32.1 Å². The molecule has 0 bridgehead atoms. The van der Waals surface area contributed by atoms with Crippen molar-refractivity contribution in [3.63, 3.8) is 0 Å². The Hall–Kier alpha value is -1.52. The van der Waals surface area contributed by atoms with Gasteiger partial charge >= 0.3 is 0 Å². The van der Waals surface area contributed by atoms with Crippen molar-refractivity contribution in [2.24, 2.45) is 0 Å². The summed E-state index contributed by atoms with van der Waals surface area (Å²) >= 11 is 7.70. The number of hydrogen-bond acceptors (Lipinski definition) is 3. The molecule has 5 heteroatoms. The van der Waals surface area contributed by atoms with Crippen LogP contribution in [0.5, 0.6) is 0 Å². The summed E-state index contributed by atoms with van der Waals surface area (Å²) < 4.78 is 0. The van der Waals surface area contributed by atoms with Crippen LogP contribution in [0.15, 0.2) is 24.3 Å². The molecule has 1 aliphatic carbocycles. The van der Waals surface area contributed by atoms with Crippen LogP contribution in [0, 0.1) is 0 Å². The Morgan fingerprint density at radius 3 is 2.81 bits per heavy atom. The minimum Gasteiger partial charge on any atom is -0.399 e. The van der Waals surface area contributed by atoms with Crippen LogP contribution in [0.3, 0.4) is 0 Å². The highest BCUT2D eigenvalue weighted by Crippen LogP contribution is 2.30. The molecule has 1 aromatic heterocycles. The van der Waals surface area contributed by atoms with Crippen molar-refractivity contribution in [3.05, 3.63) is 44.6 Å². The van der Waals surface area contributed by atoms with Gasteiger partial charge in [0.05, 0.1) is 15.6 Å². The largest absolute Gasteiger partial charge is 0.399 e. The summed E-state index contributed by atoms with van der Waals surface area (Å²) in [4.78, 5) is 14.5. The van der Waals surface area contributed by atoms with Gasteiger partial charge in [-0.15, -0.1) is 11.3 Å². The fourth-order valence-electron chi connectivity index (χ4n) is 2.60.